The van der Waals surface area contributed by atoms with Crippen LogP contribution in [0.1, 0.15) is 13.8 Å². The van der Waals surface area contributed by atoms with E-state index in [1.165, 1.54) is 0 Å². The van der Waals surface area contributed by atoms with Gasteiger partial charge in [-0.25, -0.2) is 0 Å². The third kappa shape index (κ3) is 2.45. The summed E-state index contributed by atoms with van der Waals surface area (Å²) in [4.78, 5) is 0. The van der Waals surface area contributed by atoms with Crippen LogP contribution in [0.2, 0.25) is 0 Å². The van der Waals surface area contributed by atoms with Crippen molar-refractivity contribution in [3.05, 3.63) is 12.3 Å². The van der Waals surface area contributed by atoms with E-state index in [4.69, 9.17) is 4.74 Å². The monoisotopic (exact) mass is 216 g/mol. The van der Waals surface area contributed by atoms with E-state index in [2.05, 4.69) is 56.5 Å². The quantitative estimate of drug-likeness (QED) is 0.621. The highest BCUT2D eigenvalue weighted by atomic mass is 28.3. The molecule has 0 N–H and O–H groups in total. The van der Waals surface area contributed by atoms with Gasteiger partial charge < -0.3 is 13.9 Å². The molecule has 0 aromatic heterocycles. The fraction of sp³-hybridized carbons (Fsp3) is 0.800. The van der Waals surface area contributed by atoms with Crippen LogP contribution in [0.15, 0.2) is 12.3 Å². The molecular formula is C10H24N2OSi. The van der Waals surface area contributed by atoms with Gasteiger partial charge in [0.15, 0.2) is 0 Å². The Labute approximate surface area is 89.5 Å². The SMILES string of the molecule is C=C[Si](C(C)OCC)(N(C)C)N(C)C. The topological polar surface area (TPSA) is 15.7 Å². The maximum absolute atomic E-state index is 5.73. The summed E-state index contributed by atoms with van der Waals surface area (Å²) in [5.41, 5.74) is 2.31. The van der Waals surface area contributed by atoms with Crippen LogP contribution in [0.25, 0.3) is 0 Å². The normalized spacial score (nSPS) is 14.9. The average molecular weight is 216 g/mol. The highest BCUT2D eigenvalue weighted by molar-refractivity contribution is 6.80. The molecule has 0 saturated heterocycles. The molecule has 14 heavy (non-hydrogen) atoms. The van der Waals surface area contributed by atoms with Crippen molar-refractivity contribution in [3.8, 4) is 0 Å². The molecular weight excluding hydrogens is 192 g/mol. The van der Waals surface area contributed by atoms with Crippen LogP contribution < -0.4 is 0 Å². The van der Waals surface area contributed by atoms with Crippen LogP contribution in [-0.2, 0) is 4.74 Å². The Morgan fingerprint density at radius 2 is 1.71 bits per heavy atom. The Balaban J connectivity index is 4.93. The summed E-state index contributed by atoms with van der Waals surface area (Å²) in [6, 6.07) is 0. The highest BCUT2D eigenvalue weighted by Crippen LogP contribution is 2.18. The lowest BCUT2D eigenvalue weighted by molar-refractivity contribution is 0.110. The van der Waals surface area contributed by atoms with E-state index in [0.29, 0.717) is 0 Å². The fourth-order valence-corrected chi connectivity index (χ4v) is 5.76. The third-order valence-electron chi connectivity index (χ3n) is 2.75. The molecule has 4 heteroatoms. The van der Waals surface area contributed by atoms with E-state index < -0.39 is 8.40 Å². The summed E-state index contributed by atoms with van der Waals surface area (Å²) in [6.45, 7) is 8.90. The molecule has 0 fully saturated rings. The van der Waals surface area contributed by atoms with E-state index in [-0.39, 0.29) is 5.73 Å². The molecule has 0 aliphatic rings. The van der Waals surface area contributed by atoms with Crippen LogP contribution in [0.5, 0.6) is 0 Å². The molecule has 1 unspecified atom stereocenters. The van der Waals surface area contributed by atoms with Crippen LogP contribution in [-0.4, -0.2) is 58.1 Å². The molecule has 0 aromatic carbocycles. The van der Waals surface area contributed by atoms with Gasteiger partial charge >= 0.3 is 0 Å². The van der Waals surface area contributed by atoms with Crippen LogP contribution in [0, 0.1) is 0 Å². The smallest absolute Gasteiger partial charge is 0.260 e. The Morgan fingerprint density at radius 1 is 1.29 bits per heavy atom. The van der Waals surface area contributed by atoms with Crippen LogP contribution in [0.3, 0.4) is 0 Å². The van der Waals surface area contributed by atoms with Gasteiger partial charge in [0.2, 0.25) is 0 Å². The molecule has 0 bridgehead atoms. The Morgan fingerprint density at radius 3 is 1.93 bits per heavy atom. The predicted molar refractivity (Wildman–Crippen MR) is 64.4 cm³/mol. The zero-order valence-corrected chi connectivity index (χ0v) is 11.4. The van der Waals surface area contributed by atoms with E-state index in [1.807, 2.05) is 6.92 Å². The summed E-state index contributed by atoms with van der Waals surface area (Å²) in [6.07, 6.45) is 0. The van der Waals surface area contributed by atoms with Crippen molar-refractivity contribution in [2.24, 2.45) is 0 Å². The van der Waals surface area contributed by atoms with Crippen molar-refractivity contribution in [1.82, 2.24) is 9.13 Å². The predicted octanol–water partition coefficient (Wildman–Crippen LogP) is 1.24. The summed E-state index contributed by atoms with van der Waals surface area (Å²) < 4.78 is 10.3. The lowest BCUT2D eigenvalue weighted by Crippen LogP contribution is -2.67. The van der Waals surface area contributed by atoms with Crippen LogP contribution >= 0.6 is 0 Å². The molecule has 0 heterocycles. The van der Waals surface area contributed by atoms with Crippen LogP contribution in [0.4, 0.5) is 0 Å². The molecule has 0 amide bonds. The standard InChI is InChI=1S/C10H24N2OSi/c1-8-13-10(3)14(9-2,11(4)5)12(6)7/h9-10H,2,8H2,1,3-7H3. The second-order valence-corrected chi connectivity index (χ2v) is 8.45. The summed E-state index contributed by atoms with van der Waals surface area (Å²) in [5.74, 6) is 0. The minimum atomic E-state index is -1.84. The minimum Gasteiger partial charge on any atom is -0.379 e. The molecule has 0 saturated carbocycles. The summed E-state index contributed by atoms with van der Waals surface area (Å²) in [7, 11) is 6.56. The van der Waals surface area contributed by atoms with Crippen molar-refractivity contribution in [3.63, 3.8) is 0 Å². The average Bonchev–Trinajstić information content (AvgIpc) is 2.05. The fourth-order valence-electron chi connectivity index (χ4n) is 2.03. The second kappa shape index (κ2) is 5.65. The van der Waals surface area contributed by atoms with Gasteiger partial charge in [0.25, 0.3) is 8.40 Å². The van der Waals surface area contributed by atoms with Gasteiger partial charge in [-0.2, -0.15) is 0 Å². The maximum atomic E-state index is 5.73. The van der Waals surface area contributed by atoms with Gasteiger partial charge in [-0.05, 0) is 42.0 Å². The Kier molecular flexibility index (Phi) is 5.59. The molecule has 0 rings (SSSR count). The zero-order valence-electron chi connectivity index (χ0n) is 10.4. The first-order valence-electron chi connectivity index (χ1n) is 5.03. The van der Waals surface area contributed by atoms with Crippen molar-refractivity contribution in [1.29, 1.82) is 0 Å². The number of rotatable bonds is 6. The van der Waals surface area contributed by atoms with Gasteiger partial charge in [-0.3, -0.25) is 0 Å². The molecule has 0 aliphatic heterocycles. The number of ether oxygens (including phenoxy) is 1. The van der Waals surface area contributed by atoms with Gasteiger partial charge in [0.1, 0.15) is 0 Å². The lowest BCUT2D eigenvalue weighted by atomic mass is 10.8. The number of hydrogen-bond acceptors (Lipinski definition) is 3. The molecule has 0 aliphatic carbocycles. The van der Waals surface area contributed by atoms with Gasteiger partial charge in [0, 0.05) is 6.61 Å². The third-order valence-corrected chi connectivity index (χ3v) is 7.58. The molecule has 0 aromatic rings. The first kappa shape index (κ1) is 13.8. The molecule has 0 radical (unpaired) electrons. The number of hydrogen-bond donors (Lipinski definition) is 0. The van der Waals surface area contributed by atoms with Gasteiger partial charge in [-0.1, -0.05) is 5.70 Å². The van der Waals surface area contributed by atoms with Crippen molar-refractivity contribution in [2.45, 2.75) is 19.6 Å². The first-order chi connectivity index (χ1) is 6.43. The zero-order chi connectivity index (χ0) is 11.4. The summed E-state index contributed by atoms with van der Waals surface area (Å²) in [5, 5.41) is 0. The maximum Gasteiger partial charge on any atom is 0.260 e. The van der Waals surface area contributed by atoms with E-state index in [0.717, 1.165) is 6.61 Å². The van der Waals surface area contributed by atoms with Gasteiger partial charge in [-0.15, -0.1) is 6.58 Å². The molecule has 1 atom stereocenters. The van der Waals surface area contributed by atoms with Crippen molar-refractivity contribution < 1.29 is 4.74 Å². The molecule has 84 valence electrons. The largest absolute Gasteiger partial charge is 0.379 e. The first-order valence-corrected chi connectivity index (χ1v) is 7.08. The minimum absolute atomic E-state index is 0.231. The summed E-state index contributed by atoms with van der Waals surface area (Å²) >= 11 is 0. The van der Waals surface area contributed by atoms with E-state index in [1.54, 1.807) is 0 Å². The van der Waals surface area contributed by atoms with E-state index >= 15 is 0 Å². The second-order valence-electron chi connectivity index (χ2n) is 3.87. The van der Waals surface area contributed by atoms with E-state index in [9.17, 15) is 0 Å². The molecule has 3 nitrogen and oxygen atoms in total. The lowest BCUT2D eigenvalue weighted by Gasteiger charge is -2.43. The molecule has 0 spiro atoms. The van der Waals surface area contributed by atoms with Gasteiger partial charge in [0.05, 0.1) is 5.73 Å². The highest BCUT2D eigenvalue weighted by Gasteiger charge is 2.42. The van der Waals surface area contributed by atoms with Crippen molar-refractivity contribution >= 4 is 8.40 Å². The number of nitrogens with zero attached hydrogens (tertiary/aromatic N) is 2. The van der Waals surface area contributed by atoms with Crippen molar-refractivity contribution in [2.75, 3.05) is 34.8 Å². The Hall–Kier alpha value is -0.163. The Bertz CT molecular complexity index is 175.